The molecule has 186 valence electrons. The number of hydrogen-bond donors (Lipinski definition) is 2. The van der Waals surface area contributed by atoms with E-state index in [1.165, 1.54) is 12.7 Å². The zero-order chi connectivity index (χ0) is 25.4. The van der Waals surface area contributed by atoms with Crippen LogP contribution in [0.2, 0.25) is 0 Å². The van der Waals surface area contributed by atoms with Crippen molar-refractivity contribution in [2.45, 2.75) is 57.6 Å². The average molecular weight is 485 g/mol. The molecule has 1 saturated heterocycles. The Balaban J connectivity index is 1.57. The number of carbonyl (C=O) groups excluding carboxylic acids is 1. The molecule has 2 N–H and O–H groups in total. The normalized spacial score (nSPS) is 20.8. The van der Waals surface area contributed by atoms with Crippen molar-refractivity contribution in [3.63, 3.8) is 0 Å². The van der Waals surface area contributed by atoms with Crippen molar-refractivity contribution in [3.05, 3.63) is 89.8 Å². The first-order valence-electron chi connectivity index (χ1n) is 12.6. The van der Waals surface area contributed by atoms with E-state index in [0.29, 0.717) is 16.8 Å². The molecular formula is C30H32N2O4. The SMILES string of the molecule is C=C1C(=O)/C(=C(\O)c2ccc(C(C)(C)O)cc2)C(C2CCCCC2)N1c1ccc(-c2ccon2)cc1. The summed E-state index contributed by atoms with van der Waals surface area (Å²) < 4.78 is 4.97. The molecule has 1 saturated carbocycles. The molecule has 2 fully saturated rings. The third-order valence-corrected chi connectivity index (χ3v) is 7.47. The van der Waals surface area contributed by atoms with Crippen LogP contribution in [-0.4, -0.2) is 27.2 Å². The molecule has 0 radical (unpaired) electrons. The van der Waals surface area contributed by atoms with Gasteiger partial charge in [0, 0.05) is 22.9 Å². The molecular weight excluding hydrogens is 452 g/mol. The van der Waals surface area contributed by atoms with Crippen LogP contribution < -0.4 is 4.90 Å². The van der Waals surface area contributed by atoms with Crippen LogP contribution in [0.1, 0.15) is 57.1 Å². The minimum absolute atomic E-state index is 0.0132. The highest BCUT2D eigenvalue weighted by molar-refractivity contribution is 6.18. The first-order chi connectivity index (χ1) is 17.3. The average Bonchev–Trinajstić information content (AvgIpc) is 3.51. The third kappa shape index (κ3) is 4.37. The number of aliphatic hydroxyl groups excluding tert-OH is 1. The van der Waals surface area contributed by atoms with E-state index in [0.717, 1.165) is 48.2 Å². The van der Waals surface area contributed by atoms with Gasteiger partial charge in [0.1, 0.15) is 17.7 Å². The minimum atomic E-state index is -0.988. The lowest BCUT2D eigenvalue weighted by Crippen LogP contribution is -2.37. The van der Waals surface area contributed by atoms with Crippen molar-refractivity contribution in [1.29, 1.82) is 0 Å². The maximum atomic E-state index is 13.6. The zero-order valence-corrected chi connectivity index (χ0v) is 20.8. The molecule has 6 nitrogen and oxygen atoms in total. The lowest BCUT2D eigenvalue weighted by Gasteiger charge is -2.35. The van der Waals surface area contributed by atoms with Crippen molar-refractivity contribution >= 4 is 17.2 Å². The van der Waals surface area contributed by atoms with E-state index in [2.05, 4.69) is 11.7 Å². The van der Waals surface area contributed by atoms with Crippen LogP contribution in [0, 0.1) is 5.92 Å². The standard InChI is InChI=1S/C30H32N2O4/c1-19-28(33)26(29(34)22-9-13-23(14-10-22)30(2,3)35)27(21-7-5-4-6-8-21)32(19)24-15-11-20(12-16-24)25-17-18-36-31-25/h9-18,21,27,34-35H,1,4-8H2,2-3H3/b29-26-. The van der Waals surface area contributed by atoms with Gasteiger partial charge in [-0.3, -0.25) is 4.79 Å². The van der Waals surface area contributed by atoms with E-state index in [1.54, 1.807) is 44.2 Å². The van der Waals surface area contributed by atoms with Gasteiger partial charge in [-0.1, -0.05) is 67.4 Å². The Morgan fingerprint density at radius 1 is 1.03 bits per heavy atom. The Kier molecular flexibility index (Phi) is 6.31. The Morgan fingerprint density at radius 3 is 2.28 bits per heavy atom. The molecule has 1 atom stereocenters. The first-order valence-corrected chi connectivity index (χ1v) is 12.6. The Morgan fingerprint density at radius 2 is 1.69 bits per heavy atom. The number of allylic oxidation sites excluding steroid dienone is 1. The maximum absolute atomic E-state index is 13.6. The van der Waals surface area contributed by atoms with Crippen LogP contribution in [0.3, 0.4) is 0 Å². The summed E-state index contributed by atoms with van der Waals surface area (Å²) in [6.45, 7) is 7.59. The fraction of sp³-hybridized carbons (Fsp3) is 0.333. The number of aromatic nitrogens is 1. The molecule has 0 bridgehead atoms. The van der Waals surface area contributed by atoms with Gasteiger partial charge in [-0.25, -0.2) is 0 Å². The van der Waals surface area contributed by atoms with E-state index >= 15 is 0 Å². The Bertz CT molecular complexity index is 1280. The first kappa shape index (κ1) is 24.1. The second-order valence-electron chi connectivity index (χ2n) is 10.3. The summed E-state index contributed by atoms with van der Waals surface area (Å²) in [5.74, 6) is -0.0130. The van der Waals surface area contributed by atoms with E-state index in [4.69, 9.17) is 4.52 Å². The van der Waals surface area contributed by atoms with Crippen LogP contribution in [-0.2, 0) is 10.4 Å². The van der Waals surface area contributed by atoms with Gasteiger partial charge < -0.3 is 19.6 Å². The quantitative estimate of drug-likeness (QED) is 0.322. The highest BCUT2D eigenvalue weighted by atomic mass is 16.5. The second-order valence-corrected chi connectivity index (χ2v) is 10.3. The molecule has 0 amide bonds. The molecule has 2 aliphatic rings. The molecule has 5 rings (SSSR count). The third-order valence-electron chi connectivity index (χ3n) is 7.47. The van der Waals surface area contributed by atoms with Crippen LogP contribution in [0.25, 0.3) is 17.0 Å². The summed E-state index contributed by atoms with van der Waals surface area (Å²) >= 11 is 0. The summed E-state index contributed by atoms with van der Waals surface area (Å²) in [5.41, 5.74) is 3.61. The van der Waals surface area contributed by atoms with Crippen LogP contribution in [0.4, 0.5) is 5.69 Å². The fourth-order valence-electron chi connectivity index (χ4n) is 5.50. The van der Waals surface area contributed by atoms with Gasteiger partial charge in [-0.05, 0) is 50.3 Å². The molecule has 2 heterocycles. The van der Waals surface area contributed by atoms with Crippen molar-refractivity contribution in [1.82, 2.24) is 5.16 Å². The minimum Gasteiger partial charge on any atom is -0.507 e. The monoisotopic (exact) mass is 484 g/mol. The van der Waals surface area contributed by atoms with Gasteiger partial charge in [0.05, 0.1) is 22.9 Å². The van der Waals surface area contributed by atoms with Gasteiger partial charge in [0.25, 0.3) is 0 Å². The van der Waals surface area contributed by atoms with Crippen LogP contribution in [0.15, 0.2) is 83.2 Å². The number of aliphatic hydroxyl groups is 2. The van der Waals surface area contributed by atoms with Gasteiger partial charge >= 0.3 is 0 Å². The molecule has 0 spiro atoms. The fourth-order valence-corrected chi connectivity index (χ4v) is 5.50. The number of Topliss-reactive ketones (excluding diaryl/α,β-unsaturated/α-hetero) is 1. The van der Waals surface area contributed by atoms with E-state index in [1.807, 2.05) is 29.2 Å². The summed E-state index contributed by atoms with van der Waals surface area (Å²) in [6, 6.07) is 16.5. The number of anilines is 1. The Hall–Kier alpha value is -3.64. The summed E-state index contributed by atoms with van der Waals surface area (Å²) in [5, 5.41) is 25.8. The van der Waals surface area contributed by atoms with Crippen molar-refractivity contribution in [2.75, 3.05) is 4.90 Å². The van der Waals surface area contributed by atoms with Gasteiger partial charge in [-0.15, -0.1) is 0 Å². The maximum Gasteiger partial charge on any atom is 0.210 e. The molecule has 3 aromatic rings. The highest BCUT2D eigenvalue weighted by Crippen LogP contribution is 2.44. The highest BCUT2D eigenvalue weighted by Gasteiger charge is 2.46. The molecule has 1 aliphatic heterocycles. The Labute approximate surface area is 211 Å². The predicted molar refractivity (Wildman–Crippen MR) is 140 cm³/mol. The van der Waals surface area contributed by atoms with E-state index in [9.17, 15) is 15.0 Å². The largest absolute Gasteiger partial charge is 0.507 e. The van der Waals surface area contributed by atoms with Gasteiger partial charge in [-0.2, -0.15) is 0 Å². The number of rotatable bonds is 5. The number of nitrogens with zero attached hydrogens (tertiary/aromatic N) is 2. The lowest BCUT2D eigenvalue weighted by molar-refractivity contribution is -0.111. The number of hydrogen-bond acceptors (Lipinski definition) is 6. The number of ketones is 1. The number of carbonyl (C=O) groups is 1. The second kappa shape index (κ2) is 9.43. The van der Waals surface area contributed by atoms with Gasteiger partial charge in [0.2, 0.25) is 5.78 Å². The van der Waals surface area contributed by atoms with Crippen molar-refractivity contribution in [3.8, 4) is 11.3 Å². The summed E-state index contributed by atoms with van der Waals surface area (Å²) in [6.07, 6.45) is 6.93. The number of benzene rings is 2. The zero-order valence-electron chi connectivity index (χ0n) is 20.8. The molecule has 2 aromatic carbocycles. The molecule has 1 unspecified atom stereocenters. The summed E-state index contributed by atoms with van der Waals surface area (Å²) in [4.78, 5) is 15.6. The smallest absolute Gasteiger partial charge is 0.210 e. The topological polar surface area (TPSA) is 86.8 Å². The summed E-state index contributed by atoms with van der Waals surface area (Å²) in [7, 11) is 0. The van der Waals surface area contributed by atoms with Crippen LogP contribution in [0.5, 0.6) is 0 Å². The van der Waals surface area contributed by atoms with Gasteiger partial charge in [0.15, 0.2) is 0 Å². The molecule has 1 aromatic heterocycles. The molecule has 6 heteroatoms. The predicted octanol–water partition coefficient (Wildman–Crippen LogP) is 6.39. The lowest BCUT2D eigenvalue weighted by atomic mass is 9.80. The van der Waals surface area contributed by atoms with Crippen molar-refractivity contribution in [2.24, 2.45) is 5.92 Å². The van der Waals surface area contributed by atoms with E-state index < -0.39 is 5.60 Å². The molecule has 1 aliphatic carbocycles. The molecule has 36 heavy (non-hydrogen) atoms. The van der Waals surface area contributed by atoms with E-state index in [-0.39, 0.29) is 23.5 Å². The van der Waals surface area contributed by atoms with Crippen LogP contribution >= 0.6 is 0 Å². The van der Waals surface area contributed by atoms with Crippen molar-refractivity contribution < 1.29 is 19.5 Å².